The number of hydrogen-bond acceptors (Lipinski definition) is 4. The van der Waals surface area contributed by atoms with Crippen LogP contribution in [0.25, 0.3) is 0 Å². The molecule has 0 amide bonds. The third-order valence-corrected chi connectivity index (χ3v) is 4.06. The van der Waals surface area contributed by atoms with E-state index in [4.69, 9.17) is 11.5 Å². The van der Waals surface area contributed by atoms with Crippen molar-refractivity contribution in [3.63, 3.8) is 0 Å². The van der Waals surface area contributed by atoms with E-state index < -0.39 is 29.8 Å². The van der Waals surface area contributed by atoms with Crippen LogP contribution < -0.4 is 17.2 Å². The zero-order chi connectivity index (χ0) is 18.6. The molecule has 4 N–H and O–H groups in total. The fourth-order valence-electron chi connectivity index (χ4n) is 2.96. The Bertz CT molecular complexity index is 927. The van der Waals surface area contributed by atoms with Crippen LogP contribution in [0.3, 0.4) is 0 Å². The van der Waals surface area contributed by atoms with Crippen LogP contribution in [0.2, 0.25) is 0 Å². The minimum atomic E-state index is -4.56. The van der Waals surface area contributed by atoms with Crippen LogP contribution in [-0.4, -0.2) is 21.1 Å². The second-order valence-corrected chi connectivity index (χ2v) is 6.14. The van der Waals surface area contributed by atoms with E-state index in [0.29, 0.717) is 10.3 Å². The Morgan fingerprint density at radius 1 is 1.32 bits per heavy atom. The third kappa shape index (κ3) is 2.99. The number of alkyl halides is 3. The van der Waals surface area contributed by atoms with Gasteiger partial charge in [0.05, 0.1) is 6.54 Å². The third-order valence-electron chi connectivity index (χ3n) is 4.06. The van der Waals surface area contributed by atoms with Crippen molar-refractivity contribution in [3.8, 4) is 0 Å². The maximum Gasteiger partial charge on any atom is 0.406 e. The largest absolute Gasteiger partial charge is 0.406 e. The normalized spacial score (nSPS) is 20.3. The van der Waals surface area contributed by atoms with Crippen LogP contribution in [-0.2, 0) is 18.6 Å². The quantitative estimate of drug-likeness (QED) is 0.631. The Morgan fingerprint density at radius 2 is 2.00 bits per heavy atom. The SMILES string of the molecule is CC1(c2cc(N)ccc2F)Cn2c(cn(CC(F)(F)F)c2=O)C(N)=N1. The molecule has 2 aromatic rings. The van der Waals surface area contributed by atoms with Gasteiger partial charge in [-0.15, -0.1) is 0 Å². The monoisotopic (exact) mass is 357 g/mol. The Hall–Kier alpha value is -2.78. The molecule has 25 heavy (non-hydrogen) atoms. The van der Waals surface area contributed by atoms with Gasteiger partial charge in [0.25, 0.3) is 0 Å². The van der Waals surface area contributed by atoms with E-state index in [-0.39, 0.29) is 23.6 Å². The zero-order valence-electron chi connectivity index (χ0n) is 13.1. The molecule has 1 atom stereocenters. The van der Waals surface area contributed by atoms with E-state index in [2.05, 4.69) is 4.99 Å². The smallest absolute Gasteiger partial charge is 0.399 e. The molecule has 0 saturated heterocycles. The van der Waals surface area contributed by atoms with Crippen LogP contribution in [0.1, 0.15) is 18.2 Å². The first-order valence-corrected chi connectivity index (χ1v) is 7.28. The van der Waals surface area contributed by atoms with Crippen molar-refractivity contribution in [2.75, 3.05) is 5.73 Å². The van der Waals surface area contributed by atoms with Gasteiger partial charge < -0.3 is 11.5 Å². The van der Waals surface area contributed by atoms with Crippen LogP contribution in [0.5, 0.6) is 0 Å². The number of nitrogen functional groups attached to an aromatic ring is 1. The van der Waals surface area contributed by atoms with Gasteiger partial charge in [-0.1, -0.05) is 0 Å². The van der Waals surface area contributed by atoms with Gasteiger partial charge in [0, 0.05) is 17.4 Å². The Balaban J connectivity index is 2.10. The van der Waals surface area contributed by atoms with Crippen molar-refractivity contribution < 1.29 is 17.6 Å². The second kappa shape index (κ2) is 5.36. The van der Waals surface area contributed by atoms with Crippen LogP contribution in [0.4, 0.5) is 23.2 Å². The molecule has 3 rings (SSSR count). The Morgan fingerprint density at radius 3 is 2.64 bits per heavy atom. The number of amidine groups is 1. The van der Waals surface area contributed by atoms with Crippen LogP contribution in [0.15, 0.2) is 34.2 Å². The highest BCUT2D eigenvalue weighted by Crippen LogP contribution is 2.34. The van der Waals surface area contributed by atoms with Gasteiger partial charge >= 0.3 is 11.9 Å². The summed E-state index contributed by atoms with van der Waals surface area (Å²) < 4.78 is 53.6. The molecule has 1 aromatic heterocycles. The van der Waals surface area contributed by atoms with Gasteiger partial charge in [0.15, 0.2) is 0 Å². The topological polar surface area (TPSA) is 91.3 Å². The van der Waals surface area contributed by atoms with E-state index in [1.807, 2.05) is 0 Å². The Kier molecular flexibility index (Phi) is 3.66. The predicted molar refractivity (Wildman–Crippen MR) is 83.6 cm³/mol. The lowest BCUT2D eigenvalue weighted by Gasteiger charge is -2.31. The minimum Gasteiger partial charge on any atom is -0.399 e. The number of nitrogens with two attached hydrogens (primary N) is 2. The molecule has 1 aliphatic rings. The van der Waals surface area contributed by atoms with Gasteiger partial charge in [-0.05, 0) is 25.1 Å². The number of aliphatic imine (C=N–C) groups is 1. The highest BCUT2D eigenvalue weighted by molar-refractivity contribution is 5.96. The fraction of sp³-hybridized carbons (Fsp3) is 0.333. The first-order valence-electron chi connectivity index (χ1n) is 7.28. The molecule has 0 aliphatic carbocycles. The van der Waals surface area contributed by atoms with Crippen LogP contribution >= 0.6 is 0 Å². The lowest BCUT2D eigenvalue weighted by Crippen LogP contribution is -2.41. The van der Waals surface area contributed by atoms with Gasteiger partial charge in [-0.2, -0.15) is 13.2 Å². The summed E-state index contributed by atoms with van der Waals surface area (Å²) in [4.78, 5) is 16.5. The number of halogens is 4. The summed E-state index contributed by atoms with van der Waals surface area (Å²) in [6, 6.07) is 3.90. The first kappa shape index (κ1) is 17.1. The van der Waals surface area contributed by atoms with E-state index in [0.717, 1.165) is 16.8 Å². The fourth-order valence-corrected chi connectivity index (χ4v) is 2.96. The van der Waals surface area contributed by atoms with Crippen molar-refractivity contribution in [3.05, 3.63) is 52.0 Å². The van der Waals surface area contributed by atoms with Gasteiger partial charge in [-0.3, -0.25) is 14.1 Å². The molecule has 1 aromatic carbocycles. The number of benzene rings is 1. The number of nitrogens with zero attached hydrogens (tertiary/aromatic N) is 3. The summed E-state index contributed by atoms with van der Waals surface area (Å²) in [7, 11) is 0. The molecule has 0 radical (unpaired) electrons. The standard InChI is InChI=1S/C15H15F4N5O/c1-14(9-4-8(20)2-3-10(9)16)6-24-11(12(21)22-14)5-23(13(24)25)7-15(17,18)19/h2-5H,6-7,20H2,1H3,(H2,21,22). The average Bonchev–Trinajstić information content (AvgIpc) is 2.77. The molecule has 1 aliphatic heterocycles. The van der Waals surface area contributed by atoms with E-state index in [1.165, 1.54) is 19.1 Å². The number of fused-ring (bicyclic) bond motifs is 1. The maximum atomic E-state index is 14.2. The molecule has 2 heterocycles. The van der Waals surface area contributed by atoms with Gasteiger partial charge in [-0.25, -0.2) is 9.18 Å². The van der Waals surface area contributed by atoms with E-state index in [1.54, 1.807) is 0 Å². The molecular formula is C15H15F4N5O. The van der Waals surface area contributed by atoms with Crippen molar-refractivity contribution >= 4 is 11.5 Å². The molecule has 0 fully saturated rings. The van der Waals surface area contributed by atoms with Gasteiger partial charge in [0.2, 0.25) is 0 Å². The zero-order valence-corrected chi connectivity index (χ0v) is 13.1. The first-order chi connectivity index (χ1) is 11.5. The number of anilines is 1. The summed E-state index contributed by atoms with van der Waals surface area (Å²) in [5, 5.41) is 0. The highest BCUT2D eigenvalue weighted by atomic mass is 19.4. The molecule has 0 bridgehead atoms. The van der Waals surface area contributed by atoms with Crippen molar-refractivity contribution in [2.24, 2.45) is 10.7 Å². The van der Waals surface area contributed by atoms with Crippen LogP contribution in [0, 0.1) is 5.82 Å². The minimum absolute atomic E-state index is 0.0658. The van der Waals surface area contributed by atoms with E-state index >= 15 is 0 Å². The molecule has 134 valence electrons. The average molecular weight is 357 g/mol. The number of rotatable bonds is 2. The van der Waals surface area contributed by atoms with E-state index in [9.17, 15) is 22.4 Å². The Labute approximate surface area is 139 Å². The second-order valence-electron chi connectivity index (χ2n) is 6.14. The summed E-state index contributed by atoms with van der Waals surface area (Å²) in [6.07, 6.45) is -3.56. The molecule has 10 heteroatoms. The number of hydrogen-bond donors (Lipinski definition) is 2. The predicted octanol–water partition coefficient (Wildman–Crippen LogP) is 1.57. The molecule has 1 unspecified atom stereocenters. The molecule has 6 nitrogen and oxygen atoms in total. The number of imidazole rings is 1. The summed E-state index contributed by atoms with van der Waals surface area (Å²) in [5.74, 6) is -0.743. The summed E-state index contributed by atoms with van der Waals surface area (Å²) >= 11 is 0. The van der Waals surface area contributed by atoms with Crippen molar-refractivity contribution in [1.82, 2.24) is 9.13 Å². The molecule has 0 saturated carbocycles. The van der Waals surface area contributed by atoms with Gasteiger partial charge in [0.1, 0.15) is 29.4 Å². The lowest BCUT2D eigenvalue weighted by atomic mass is 9.90. The summed E-state index contributed by atoms with van der Waals surface area (Å²) in [5.41, 5.74) is 9.82. The molecular weight excluding hydrogens is 342 g/mol. The maximum absolute atomic E-state index is 14.2. The lowest BCUT2D eigenvalue weighted by molar-refractivity contribution is -0.141. The summed E-state index contributed by atoms with van der Waals surface area (Å²) in [6.45, 7) is -0.0657. The highest BCUT2D eigenvalue weighted by Gasteiger charge is 2.37. The van der Waals surface area contributed by atoms with Crippen molar-refractivity contribution in [2.45, 2.75) is 31.7 Å². The molecule has 0 spiro atoms. The number of aromatic nitrogens is 2. The van der Waals surface area contributed by atoms with Crippen molar-refractivity contribution in [1.29, 1.82) is 0 Å².